The van der Waals surface area contributed by atoms with Gasteiger partial charge in [-0.2, -0.15) is 0 Å². The van der Waals surface area contributed by atoms with E-state index in [2.05, 4.69) is 27.6 Å². The van der Waals surface area contributed by atoms with Crippen LogP contribution in [0.4, 0.5) is 0 Å². The largest absolute Gasteiger partial charge is 0.484 e. The fourth-order valence-electron chi connectivity index (χ4n) is 3.28. The summed E-state index contributed by atoms with van der Waals surface area (Å²) < 4.78 is 7.41. The summed E-state index contributed by atoms with van der Waals surface area (Å²) in [6.07, 6.45) is 0. The third-order valence-corrected chi connectivity index (χ3v) is 6.44. The Balaban J connectivity index is 1.55. The summed E-state index contributed by atoms with van der Waals surface area (Å²) in [5.74, 6) is 1.61. The van der Waals surface area contributed by atoms with Crippen LogP contribution in [0.25, 0.3) is 5.69 Å². The van der Waals surface area contributed by atoms with Crippen LogP contribution in [-0.4, -0.2) is 27.3 Å². The molecule has 0 fully saturated rings. The van der Waals surface area contributed by atoms with Crippen LogP contribution >= 0.6 is 35.0 Å². The lowest BCUT2D eigenvalue weighted by atomic mass is 10.2. The average molecular weight is 513 g/mol. The molecule has 0 radical (unpaired) electrons. The number of nitrogens with zero attached hydrogens (tertiary/aromatic N) is 3. The molecule has 4 aromatic rings. The van der Waals surface area contributed by atoms with Crippen molar-refractivity contribution in [1.82, 2.24) is 20.1 Å². The van der Waals surface area contributed by atoms with Crippen molar-refractivity contribution < 1.29 is 9.53 Å². The predicted octanol–water partition coefficient (Wildman–Crippen LogP) is 6.12. The van der Waals surface area contributed by atoms with Gasteiger partial charge in [-0.15, -0.1) is 10.2 Å². The van der Waals surface area contributed by atoms with Crippen molar-refractivity contribution >= 4 is 40.9 Å². The van der Waals surface area contributed by atoms with Crippen LogP contribution in [0.5, 0.6) is 5.75 Å². The molecular weight excluding hydrogens is 491 g/mol. The van der Waals surface area contributed by atoms with Crippen molar-refractivity contribution in [2.75, 3.05) is 6.61 Å². The summed E-state index contributed by atoms with van der Waals surface area (Å²) in [5, 5.41) is 13.4. The van der Waals surface area contributed by atoms with Crippen LogP contribution in [0.2, 0.25) is 10.0 Å². The SMILES string of the molecule is CC(NC(=O)COc1ccccc1)c1nnc(SCc2ccccc2)n1-c1ccc(Cl)cc1Cl. The van der Waals surface area contributed by atoms with Crippen LogP contribution in [0.15, 0.2) is 84.0 Å². The van der Waals surface area contributed by atoms with Gasteiger partial charge in [0.15, 0.2) is 17.6 Å². The smallest absolute Gasteiger partial charge is 0.258 e. The highest BCUT2D eigenvalue weighted by molar-refractivity contribution is 7.98. The van der Waals surface area contributed by atoms with Crippen LogP contribution in [0.3, 0.4) is 0 Å². The van der Waals surface area contributed by atoms with Crippen LogP contribution in [-0.2, 0) is 10.5 Å². The zero-order valence-electron chi connectivity index (χ0n) is 18.3. The van der Waals surface area contributed by atoms with E-state index in [9.17, 15) is 4.79 Å². The van der Waals surface area contributed by atoms with Crippen molar-refractivity contribution in [1.29, 1.82) is 0 Å². The summed E-state index contributed by atoms with van der Waals surface area (Å²) in [6.45, 7) is 1.73. The topological polar surface area (TPSA) is 69.0 Å². The van der Waals surface area contributed by atoms with E-state index in [1.807, 2.05) is 54.0 Å². The Kier molecular flexibility index (Phi) is 8.11. The first-order chi connectivity index (χ1) is 16.5. The Morgan fingerprint density at radius 1 is 1.03 bits per heavy atom. The molecule has 9 heteroatoms. The Bertz CT molecular complexity index is 1250. The predicted molar refractivity (Wildman–Crippen MR) is 136 cm³/mol. The van der Waals surface area contributed by atoms with Crippen molar-refractivity contribution in [2.45, 2.75) is 23.9 Å². The number of benzene rings is 3. The van der Waals surface area contributed by atoms with E-state index in [1.54, 1.807) is 24.3 Å². The number of carbonyl (C=O) groups is 1. The fourth-order valence-corrected chi connectivity index (χ4v) is 4.68. The van der Waals surface area contributed by atoms with Gasteiger partial charge in [-0.3, -0.25) is 9.36 Å². The van der Waals surface area contributed by atoms with Gasteiger partial charge in [0.2, 0.25) is 0 Å². The maximum atomic E-state index is 12.5. The van der Waals surface area contributed by atoms with Gasteiger partial charge in [-0.05, 0) is 42.8 Å². The molecular formula is C25H22Cl2N4O2S. The summed E-state index contributed by atoms with van der Waals surface area (Å²) >= 11 is 14.2. The number of hydrogen-bond acceptors (Lipinski definition) is 5. The van der Waals surface area contributed by atoms with E-state index in [0.29, 0.717) is 38.2 Å². The number of amides is 1. The molecule has 0 saturated carbocycles. The molecule has 1 amide bonds. The van der Waals surface area contributed by atoms with Crippen molar-refractivity contribution in [2.24, 2.45) is 0 Å². The molecule has 0 bridgehead atoms. The highest BCUT2D eigenvalue weighted by atomic mass is 35.5. The first kappa shape index (κ1) is 24.1. The van der Waals surface area contributed by atoms with Gasteiger partial charge >= 0.3 is 0 Å². The van der Waals surface area contributed by atoms with E-state index in [4.69, 9.17) is 27.9 Å². The molecule has 3 aromatic carbocycles. The molecule has 1 aromatic heterocycles. The van der Waals surface area contributed by atoms with Gasteiger partial charge in [0.1, 0.15) is 5.75 Å². The minimum absolute atomic E-state index is 0.111. The third kappa shape index (κ3) is 6.11. The highest BCUT2D eigenvalue weighted by Crippen LogP contribution is 2.32. The molecule has 1 heterocycles. The lowest BCUT2D eigenvalue weighted by Crippen LogP contribution is -2.32. The normalized spacial score (nSPS) is 11.7. The molecule has 6 nitrogen and oxygen atoms in total. The Labute approximate surface area is 212 Å². The lowest BCUT2D eigenvalue weighted by molar-refractivity contribution is -0.123. The summed E-state index contributed by atoms with van der Waals surface area (Å²) in [7, 11) is 0. The van der Waals surface area contributed by atoms with Crippen LogP contribution in [0, 0.1) is 0 Å². The third-order valence-electron chi connectivity index (χ3n) is 4.90. The molecule has 4 rings (SSSR count). The van der Waals surface area contributed by atoms with Crippen molar-refractivity contribution in [3.63, 3.8) is 0 Å². The first-order valence-electron chi connectivity index (χ1n) is 10.6. The number of ether oxygens (including phenoxy) is 1. The molecule has 0 aliphatic rings. The number of rotatable bonds is 9. The molecule has 0 aliphatic heterocycles. The molecule has 1 unspecified atom stereocenters. The van der Waals surface area contributed by atoms with Gasteiger partial charge in [0.25, 0.3) is 5.91 Å². The monoisotopic (exact) mass is 512 g/mol. The number of thioether (sulfide) groups is 1. The number of aromatic nitrogens is 3. The van der Waals surface area contributed by atoms with Gasteiger partial charge in [0, 0.05) is 10.8 Å². The summed E-state index contributed by atoms with van der Waals surface area (Å²) in [6, 6.07) is 24.1. The second kappa shape index (κ2) is 11.4. The van der Waals surface area contributed by atoms with Gasteiger partial charge in [0.05, 0.1) is 16.8 Å². The molecule has 34 heavy (non-hydrogen) atoms. The molecule has 0 aliphatic carbocycles. The fraction of sp³-hybridized carbons (Fsp3) is 0.160. The van der Waals surface area contributed by atoms with Crippen LogP contribution < -0.4 is 10.1 Å². The molecule has 1 atom stereocenters. The zero-order chi connectivity index (χ0) is 23.9. The van der Waals surface area contributed by atoms with Gasteiger partial charge < -0.3 is 10.1 Å². The minimum Gasteiger partial charge on any atom is -0.484 e. The lowest BCUT2D eigenvalue weighted by Gasteiger charge is -2.17. The molecule has 1 N–H and O–H groups in total. The van der Waals surface area contributed by atoms with E-state index < -0.39 is 6.04 Å². The second-order valence-corrected chi connectivity index (χ2v) is 9.22. The number of halogens is 2. The Morgan fingerprint density at radius 2 is 1.74 bits per heavy atom. The molecule has 0 saturated heterocycles. The van der Waals surface area contributed by atoms with Crippen molar-refractivity contribution in [3.8, 4) is 11.4 Å². The number of hydrogen-bond donors (Lipinski definition) is 1. The quantitative estimate of drug-likeness (QED) is 0.273. The van der Waals surface area contributed by atoms with Gasteiger partial charge in [-0.25, -0.2) is 0 Å². The summed E-state index contributed by atoms with van der Waals surface area (Å²) in [4.78, 5) is 12.5. The van der Waals surface area contributed by atoms with Crippen molar-refractivity contribution in [3.05, 3.63) is 100 Å². The second-order valence-electron chi connectivity index (χ2n) is 7.44. The summed E-state index contributed by atoms with van der Waals surface area (Å²) in [5.41, 5.74) is 1.84. The molecule has 0 spiro atoms. The Morgan fingerprint density at radius 3 is 2.44 bits per heavy atom. The maximum Gasteiger partial charge on any atom is 0.258 e. The zero-order valence-corrected chi connectivity index (χ0v) is 20.6. The van der Waals surface area contributed by atoms with Gasteiger partial charge in [-0.1, -0.05) is 83.5 Å². The highest BCUT2D eigenvalue weighted by Gasteiger charge is 2.22. The minimum atomic E-state index is -0.447. The van der Waals surface area contributed by atoms with E-state index in [0.717, 1.165) is 5.56 Å². The Hall–Kier alpha value is -3.00. The van der Waals surface area contributed by atoms with E-state index >= 15 is 0 Å². The number of para-hydroxylation sites is 1. The first-order valence-corrected chi connectivity index (χ1v) is 12.3. The van der Waals surface area contributed by atoms with Crippen LogP contribution in [0.1, 0.15) is 24.4 Å². The molecule has 174 valence electrons. The average Bonchev–Trinajstić information content (AvgIpc) is 3.26. The van der Waals surface area contributed by atoms with E-state index in [1.165, 1.54) is 11.8 Å². The maximum absolute atomic E-state index is 12.5. The standard InChI is InChI=1S/C25H22Cl2N4O2S/c1-17(28-23(32)15-33-20-10-6-3-7-11-20)24-29-30-25(34-16-18-8-4-2-5-9-18)31(24)22-13-12-19(26)14-21(22)27/h2-14,17H,15-16H2,1H3,(H,28,32). The van der Waals surface area contributed by atoms with E-state index in [-0.39, 0.29) is 12.5 Å². The number of nitrogens with one attached hydrogen (secondary N) is 1. The number of carbonyl (C=O) groups excluding carboxylic acids is 1.